The van der Waals surface area contributed by atoms with Gasteiger partial charge in [0.15, 0.2) is 0 Å². The maximum Gasteiger partial charge on any atom is 0.255 e. The van der Waals surface area contributed by atoms with Crippen molar-refractivity contribution in [3.8, 4) is 6.07 Å². The number of benzene rings is 3. The van der Waals surface area contributed by atoms with Gasteiger partial charge < -0.3 is 10.6 Å². The lowest BCUT2D eigenvalue weighted by atomic mass is 10.1. The second-order valence-electron chi connectivity index (χ2n) is 5.93. The Morgan fingerprint density at radius 1 is 0.778 bits per heavy atom. The molecule has 3 aromatic carbocycles. The number of nitriles is 1. The van der Waals surface area contributed by atoms with Crippen LogP contribution in [-0.4, -0.2) is 11.8 Å². The molecule has 132 valence electrons. The lowest BCUT2D eigenvalue weighted by molar-refractivity contribution is -0.115. The number of nitrogens with zero attached hydrogens (tertiary/aromatic N) is 1. The molecule has 2 amide bonds. The van der Waals surface area contributed by atoms with Crippen LogP contribution in [-0.2, 0) is 11.2 Å². The van der Waals surface area contributed by atoms with E-state index in [0.29, 0.717) is 28.9 Å². The van der Waals surface area contributed by atoms with Crippen molar-refractivity contribution in [3.63, 3.8) is 0 Å². The Morgan fingerprint density at radius 2 is 1.37 bits per heavy atom. The first kappa shape index (κ1) is 17.9. The molecule has 3 rings (SSSR count). The third-order valence-corrected chi connectivity index (χ3v) is 3.91. The molecule has 0 bridgehead atoms. The van der Waals surface area contributed by atoms with Gasteiger partial charge >= 0.3 is 0 Å². The summed E-state index contributed by atoms with van der Waals surface area (Å²) in [5.74, 6) is -0.377. The summed E-state index contributed by atoms with van der Waals surface area (Å²) in [5, 5.41) is 14.4. The van der Waals surface area contributed by atoms with Crippen LogP contribution in [0.15, 0.2) is 78.9 Å². The average molecular weight is 355 g/mol. The van der Waals surface area contributed by atoms with Gasteiger partial charge in [-0.05, 0) is 54.1 Å². The number of carbonyl (C=O) groups is 2. The zero-order valence-electron chi connectivity index (χ0n) is 14.5. The molecule has 0 unspecified atom stereocenters. The molecule has 3 aromatic rings. The highest BCUT2D eigenvalue weighted by Crippen LogP contribution is 2.14. The van der Waals surface area contributed by atoms with E-state index in [9.17, 15) is 9.59 Å². The van der Waals surface area contributed by atoms with Crippen LogP contribution in [0.3, 0.4) is 0 Å². The number of hydrogen-bond donors (Lipinski definition) is 2. The van der Waals surface area contributed by atoms with Crippen LogP contribution in [0, 0.1) is 11.3 Å². The average Bonchev–Trinajstić information content (AvgIpc) is 2.70. The van der Waals surface area contributed by atoms with Crippen molar-refractivity contribution in [2.75, 3.05) is 10.6 Å². The SMILES string of the molecule is N#Cc1ccc(NC(=O)c2ccc(NC(=O)Cc3ccccc3)cc2)cc1. The monoisotopic (exact) mass is 355 g/mol. The van der Waals surface area contributed by atoms with Gasteiger partial charge in [-0.2, -0.15) is 5.26 Å². The molecule has 0 fully saturated rings. The summed E-state index contributed by atoms with van der Waals surface area (Å²) in [6, 6.07) is 24.8. The van der Waals surface area contributed by atoms with Gasteiger partial charge in [0.05, 0.1) is 18.1 Å². The molecule has 0 saturated heterocycles. The van der Waals surface area contributed by atoms with Crippen molar-refractivity contribution in [1.29, 1.82) is 5.26 Å². The first-order valence-electron chi connectivity index (χ1n) is 8.39. The molecule has 0 aliphatic heterocycles. The second-order valence-corrected chi connectivity index (χ2v) is 5.93. The molecule has 2 N–H and O–H groups in total. The van der Waals surface area contributed by atoms with Gasteiger partial charge in [0, 0.05) is 16.9 Å². The van der Waals surface area contributed by atoms with E-state index in [4.69, 9.17) is 5.26 Å². The number of anilines is 2. The second kappa shape index (κ2) is 8.45. The van der Waals surface area contributed by atoms with E-state index >= 15 is 0 Å². The molecule has 0 aliphatic carbocycles. The van der Waals surface area contributed by atoms with E-state index in [1.807, 2.05) is 36.4 Å². The fraction of sp³-hybridized carbons (Fsp3) is 0.0455. The molecule has 5 nitrogen and oxygen atoms in total. The third-order valence-electron chi connectivity index (χ3n) is 3.91. The molecule has 0 aromatic heterocycles. The van der Waals surface area contributed by atoms with Gasteiger partial charge in [-0.25, -0.2) is 0 Å². The normalized spacial score (nSPS) is 9.89. The molecule has 0 saturated carbocycles. The maximum absolute atomic E-state index is 12.3. The smallest absolute Gasteiger partial charge is 0.255 e. The molecule has 0 atom stereocenters. The van der Waals surface area contributed by atoms with Crippen LogP contribution in [0.1, 0.15) is 21.5 Å². The van der Waals surface area contributed by atoms with Crippen LogP contribution in [0.2, 0.25) is 0 Å². The molecule has 27 heavy (non-hydrogen) atoms. The van der Waals surface area contributed by atoms with Gasteiger partial charge in [-0.3, -0.25) is 9.59 Å². The predicted octanol–water partition coefficient (Wildman–Crippen LogP) is 3.99. The van der Waals surface area contributed by atoms with Gasteiger partial charge in [0.2, 0.25) is 5.91 Å². The van der Waals surface area contributed by atoms with Crippen LogP contribution < -0.4 is 10.6 Å². The molecule has 5 heteroatoms. The van der Waals surface area contributed by atoms with E-state index in [2.05, 4.69) is 10.6 Å². The van der Waals surface area contributed by atoms with Crippen LogP contribution in [0.4, 0.5) is 11.4 Å². The highest BCUT2D eigenvalue weighted by molar-refractivity contribution is 6.04. The summed E-state index contributed by atoms with van der Waals surface area (Å²) in [4.78, 5) is 24.4. The third kappa shape index (κ3) is 5.03. The minimum absolute atomic E-state index is 0.115. The number of carbonyl (C=O) groups excluding carboxylic acids is 2. The topological polar surface area (TPSA) is 82.0 Å². The summed E-state index contributed by atoms with van der Waals surface area (Å²) >= 11 is 0. The number of amides is 2. The molecule has 0 heterocycles. The van der Waals surface area contributed by atoms with Gasteiger partial charge in [0.25, 0.3) is 5.91 Å². The zero-order valence-corrected chi connectivity index (χ0v) is 14.5. The zero-order chi connectivity index (χ0) is 19.1. The molecule has 0 spiro atoms. The standard InChI is InChI=1S/C22H17N3O2/c23-15-17-6-10-20(11-7-17)25-22(27)18-8-12-19(13-9-18)24-21(26)14-16-4-2-1-3-5-16/h1-13H,14H2,(H,24,26)(H,25,27). The van der Waals surface area contributed by atoms with Crippen molar-refractivity contribution in [1.82, 2.24) is 0 Å². The Kier molecular flexibility index (Phi) is 5.60. The Labute approximate surface area is 157 Å². The molecule has 0 aliphatic rings. The van der Waals surface area contributed by atoms with Crippen LogP contribution >= 0.6 is 0 Å². The summed E-state index contributed by atoms with van der Waals surface area (Å²) < 4.78 is 0. The molecular weight excluding hydrogens is 338 g/mol. The first-order chi connectivity index (χ1) is 13.1. The Balaban J connectivity index is 1.58. The first-order valence-corrected chi connectivity index (χ1v) is 8.39. The van der Waals surface area contributed by atoms with Crippen molar-refractivity contribution in [2.45, 2.75) is 6.42 Å². The van der Waals surface area contributed by atoms with Crippen LogP contribution in [0.5, 0.6) is 0 Å². The molecule has 0 radical (unpaired) electrons. The minimum atomic E-state index is -0.262. The number of hydrogen-bond acceptors (Lipinski definition) is 3. The van der Waals surface area contributed by atoms with Gasteiger partial charge in [0.1, 0.15) is 0 Å². The lowest BCUT2D eigenvalue weighted by Crippen LogP contribution is -2.15. The van der Waals surface area contributed by atoms with Crippen LogP contribution in [0.25, 0.3) is 0 Å². The molecular formula is C22H17N3O2. The van der Waals surface area contributed by atoms with Crippen molar-refractivity contribution < 1.29 is 9.59 Å². The fourth-order valence-electron chi connectivity index (χ4n) is 2.52. The largest absolute Gasteiger partial charge is 0.326 e. The fourth-order valence-corrected chi connectivity index (χ4v) is 2.52. The van der Waals surface area contributed by atoms with E-state index in [0.717, 1.165) is 5.56 Å². The summed E-state index contributed by atoms with van der Waals surface area (Å²) in [6.45, 7) is 0. The number of rotatable bonds is 5. The number of nitrogens with one attached hydrogen (secondary N) is 2. The van der Waals surface area contributed by atoms with Crippen molar-refractivity contribution >= 4 is 23.2 Å². The Bertz CT molecular complexity index is 973. The summed E-state index contributed by atoms with van der Waals surface area (Å²) in [6.07, 6.45) is 0.293. The lowest BCUT2D eigenvalue weighted by Gasteiger charge is -2.08. The minimum Gasteiger partial charge on any atom is -0.326 e. The van der Waals surface area contributed by atoms with Gasteiger partial charge in [-0.1, -0.05) is 30.3 Å². The predicted molar refractivity (Wildman–Crippen MR) is 104 cm³/mol. The van der Waals surface area contributed by atoms with E-state index in [-0.39, 0.29) is 11.8 Å². The Hall–Kier alpha value is -3.91. The highest BCUT2D eigenvalue weighted by Gasteiger charge is 2.08. The highest BCUT2D eigenvalue weighted by atomic mass is 16.2. The van der Waals surface area contributed by atoms with Crippen molar-refractivity contribution in [2.24, 2.45) is 0 Å². The van der Waals surface area contributed by atoms with Crippen molar-refractivity contribution in [3.05, 3.63) is 95.6 Å². The summed E-state index contributed by atoms with van der Waals surface area (Å²) in [7, 11) is 0. The maximum atomic E-state index is 12.3. The quantitative estimate of drug-likeness (QED) is 0.726. The van der Waals surface area contributed by atoms with Gasteiger partial charge in [-0.15, -0.1) is 0 Å². The Morgan fingerprint density at radius 3 is 2.00 bits per heavy atom. The van der Waals surface area contributed by atoms with E-state index in [1.165, 1.54) is 0 Å². The van der Waals surface area contributed by atoms with E-state index < -0.39 is 0 Å². The summed E-state index contributed by atoms with van der Waals surface area (Å²) in [5.41, 5.74) is 3.18. The van der Waals surface area contributed by atoms with E-state index in [1.54, 1.807) is 48.5 Å².